The van der Waals surface area contributed by atoms with E-state index in [9.17, 15) is 4.79 Å². The Labute approximate surface area is 69.8 Å². The molecule has 0 aliphatic carbocycles. The smallest absolute Gasteiger partial charge is 0.248 e. The molecule has 0 saturated carbocycles. The van der Waals surface area contributed by atoms with Crippen LogP contribution in [-0.4, -0.2) is 11.7 Å². The molecule has 1 heterocycles. The third kappa shape index (κ3) is 1.98. The summed E-state index contributed by atoms with van der Waals surface area (Å²) in [6.07, 6.45) is 3.79. The van der Waals surface area contributed by atoms with E-state index in [1.165, 1.54) is 0 Å². The molecule has 0 saturated heterocycles. The fourth-order valence-corrected chi connectivity index (χ4v) is 1.38. The second-order valence-corrected chi connectivity index (χ2v) is 3.08. The van der Waals surface area contributed by atoms with E-state index >= 15 is 0 Å². The standard InChI is InChI=1S/C8H9NOS/c1-6(8(9)10)7-2-4-11-5-3-7/h2-4H,1,5H2,(H2,9,10). The lowest BCUT2D eigenvalue weighted by Crippen LogP contribution is -2.14. The number of rotatable bonds is 2. The first-order valence-corrected chi connectivity index (χ1v) is 4.24. The molecule has 11 heavy (non-hydrogen) atoms. The van der Waals surface area contributed by atoms with Crippen molar-refractivity contribution in [1.82, 2.24) is 0 Å². The number of hydrogen-bond donors (Lipinski definition) is 1. The third-order valence-corrected chi connectivity index (χ3v) is 2.08. The molecule has 58 valence electrons. The van der Waals surface area contributed by atoms with Crippen LogP contribution in [0.2, 0.25) is 0 Å². The molecule has 1 amide bonds. The molecule has 0 aromatic carbocycles. The van der Waals surface area contributed by atoms with Crippen molar-refractivity contribution in [2.24, 2.45) is 5.73 Å². The van der Waals surface area contributed by atoms with Crippen molar-refractivity contribution in [1.29, 1.82) is 0 Å². The molecule has 0 unspecified atom stereocenters. The van der Waals surface area contributed by atoms with Crippen LogP contribution in [0.4, 0.5) is 0 Å². The first-order chi connectivity index (χ1) is 5.22. The number of amides is 1. The van der Waals surface area contributed by atoms with E-state index in [-0.39, 0.29) is 0 Å². The van der Waals surface area contributed by atoms with Crippen LogP contribution in [0.1, 0.15) is 0 Å². The number of hydrogen-bond acceptors (Lipinski definition) is 2. The van der Waals surface area contributed by atoms with Crippen LogP contribution in [0.5, 0.6) is 0 Å². The maximum absolute atomic E-state index is 10.6. The predicted octanol–water partition coefficient (Wildman–Crippen LogP) is 1.21. The summed E-state index contributed by atoms with van der Waals surface area (Å²) in [7, 11) is 0. The number of thioether (sulfide) groups is 1. The molecular formula is C8H9NOS. The monoisotopic (exact) mass is 167 g/mol. The summed E-state index contributed by atoms with van der Waals surface area (Å²) >= 11 is 1.68. The quantitative estimate of drug-likeness (QED) is 0.628. The predicted molar refractivity (Wildman–Crippen MR) is 48.0 cm³/mol. The van der Waals surface area contributed by atoms with Crippen LogP contribution in [0, 0.1) is 0 Å². The third-order valence-electron chi connectivity index (χ3n) is 1.39. The van der Waals surface area contributed by atoms with E-state index in [4.69, 9.17) is 5.73 Å². The molecular weight excluding hydrogens is 158 g/mol. The fourth-order valence-electron chi connectivity index (χ4n) is 0.749. The van der Waals surface area contributed by atoms with E-state index in [0.29, 0.717) is 5.57 Å². The second kappa shape index (κ2) is 3.44. The van der Waals surface area contributed by atoms with Crippen LogP contribution in [0.3, 0.4) is 0 Å². The van der Waals surface area contributed by atoms with Crippen molar-refractivity contribution >= 4 is 17.7 Å². The van der Waals surface area contributed by atoms with Crippen molar-refractivity contribution < 1.29 is 4.79 Å². The normalized spacial score (nSPS) is 15.8. The molecule has 0 aromatic heterocycles. The van der Waals surface area contributed by atoms with Crippen LogP contribution >= 0.6 is 11.8 Å². The molecule has 0 radical (unpaired) electrons. The Morgan fingerprint density at radius 3 is 2.91 bits per heavy atom. The van der Waals surface area contributed by atoms with Gasteiger partial charge in [-0.15, -0.1) is 11.8 Å². The first-order valence-electron chi connectivity index (χ1n) is 3.19. The Morgan fingerprint density at radius 1 is 1.73 bits per heavy atom. The maximum Gasteiger partial charge on any atom is 0.248 e. The molecule has 2 N–H and O–H groups in total. The number of nitrogens with two attached hydrogens (primary N) is 1. The Hall–Kier alpha value is -0.960. The molecule has 3 heteroatoms. The molecule has 0 aromatic rings. The van der Waals surface area contributed by atoms with E-state index in [1.54, 1.807) is 11.8 Å². The average Bonchev–Trinajstić information content (AvgIpc) is 2.05. The van der Waals surface area contributed by atoms with Gasteiger partial charge in [0.25, 0.3) is 0 Å². The summed E-state index contributed by atoms with van der Waals surface area (Å²) in [5, 5.41) is 1.93. The Balaban J connectivity index is 2.75. The highest BCUT2D eigenvalue weighted by molar-refractivity contribution is 8.02. The lowest BCUT2D eigenvalue weighted by molar-refractivity contribution is -0.114. The van der Waals surface area contributed by atoms with E-state index < -0.39 is 5.91 Å². The van der Waals surface area contributed by atoms with Gasteiger partial charge in [-0.05, 0) is 17.1 Å². The minimum absolute atomic E-state index is 0.390. The van der Waals surface area contributed by atoms with Crippen LogP contribution < -0.4 is 5.73 Å². The van der Waals surface area contributed by atoms with Gasteiger partial charge in [0.2, 0.25) is 5.91 Å². The van der Waals surface area contributed by atoms with E-state index in [0.717, 1.165) is 11.3 Å². The van der Waals surface area contributed by atoms with E-state index in [2.05, 4.69) is 6.58 Å². The van der Waals surface area contributed by atoms with Gasteiger partial charge in [-0.3, -0.25) is 4.79 Å². The van der Waals surface area contributed by atoms with Crippen molar-refractivity contribution in [2.45, 2.75) is 0 Å². The zero-order chi connectivity index (χ0) is 8.27. The summed E-state index contributed by atoms with van der Waals surface area (Å²) in [4.78, 5) is 10.6. The number of allylic oxidation sites excluding steroid dienone is 1. The Kier molecular flexibility index (Phi) is 2.54. The topological polar surface area (TPSA) is 43.1 Å². The molecule has 2 nitrogen and oxygen atoms in total. The Bertz CT molecular complexity index is 253. The van der Waals surface area contributed by atoms with Gasteiger partial charge in [-0.1, -0.05) is 12.7 Å². The van der Waals surface area contributed by atoms with Gasteiger partial charge in [0, 0.05) is 11.3 Å². The van der Waals surface area contributed by atoms with Gasteiger partial charge in [0.15, 0.2) is 0 Å². The summed E-state index contributed by atoms with van der Waals surface area (Å²) in [6, 6.07) is 0. The first kappa shape index (κ1) is 8.14. The second-order valence-electron chi connectivity index (χ2n) is 2.14. The van der Waals surface area contributed by atoms with Crippen LogP contribution in [0.25, 0.3) is 0 Å². The Morgan fingerprint density at radius 2 is 2.45 bits per heavy atom. The van der Waals surface area contributed by atoms with Gasteiger partial charge in [-0.25, -0.2) is 0 Å². The van der Waals surface area contributed by atoms with Crippen LogP contribution in [-0.2, 0) is 4.79 Å². The highest BCUT2D eigenvalue weighted by Crippen LogP contribution is 2.18. The highest BCUT2D eigenvalue weighted by atomic mass is 32.2. The van der Waals surface area contributed by atoms with Crippen LogP contribution in [0.15, 0.2) is 35.3 Å². The van der Waals surface area contributed by atoms with E-state index in [1.807, 2.05) is 17.6 Å². The summed E-state index contributed by atoms with van der Waals surface area (Å²) in [5.41, 5.74) is 6.28. The average molecular weight is 167 g/mol. The summed E-state index contributed by atoms with van der Waals surface area (Å²) < 4.78 is 0. The zero-order valence-electron chi connectivity index (χ0n) is 6.04. The molecule has 0 fully saturated rings. The summed E-state index contributed by atoms with van der Waals surface area (Å²) in [5.74, 6) is 0.436. The lowest BCUT2D eigenvalue weighted by Gasteiger charge is -2.05. The zero-order valence-corrected chi connectivity index (χ0v) is 6.86. The number of carbonyl (C=O) groups is 1. The number of primary amides is 1. The van der Waals surface area contributed by atoms with Gasteiger partial charge < -0.3 is 5.73 Å². The van der Waals surface area contributed by atoms with Gasteiger partial charge in [0.05, 0.1) is 0 Å². The van der Waals surface area contributed by atoms with Gasteiger partial charge >= 0.3 is 0 Å². The van der Waals surface area contributed by atoms with Crippen molar-refractivity contribution in [2.75, 3.05) is 5.75 Å². The molecule has 1 aliphatic heterocycles. The largest absolute Gasteiger partial charge is 0.366 e. The fraction of sp³-hybridized carbons (Fsp3) is 0.125. The van der Waals surface area contributed by atoms with Crippen molar-refractivity contribution in [3.8, 4) is 0 Å². The molecule has 1 aliphatic rings. The minimum atomic E-state index is -0.451. The van der Waals surface area contributed by atoms with Crippen molar-refractivity contribution in [3.05, 3.63) is 35.3 Å². The molecule has 0 atom stereocenters. The molecule has 0 bridgehead atoms. The minimum Gasteiger partial charge on any atom is -0.366 e. The van der Waals surface area contributed by atoms with Gasteiger partial charge in [0.1, 0.15) is 0 Å². The molecule has 0 spiro atoms. The summed E-state index contributed by atoms with van der Waals surface area (Å²) in [6.45, 7) is 3.57. The lowest BCUT2D eigenvalue weighted by atomic mass is 10.1. The maximum atomic E-state index is 10.6. The highest BCUT2D eigenvalue weighted by Gasteiger charge is 2.06. The SMILES string of the molecule is C=C(C(N)=O)C1=CCSC=C1. The van der Waals surface area contributed by atoms with Gasteiger partial charge in [-0.2, -0.15) is 0 Å². The number of carbonyl (C=O) groups excluding carboxylic acids is 1. The molecule has 1 rings (SSSR count). The van der Waals surface area contributed by atoms with Crippen molar-refractivity contribution in [3.63, 3.8) is 0 Å².